The molecule has 2 heterocycles. The van der Waals surface area contributed by atoms with Crippen molar-refractivity contribution in [2.24, 2.45) is 0 Å². The third kappa shape index (κ3) is 2.17. The number of alkyl halides is 1. The van der Waals surface area contributed by atoms with Crippen LogP contribution in [-0.2, 0) is 4.74 Å². The van der Waals surface area contributed by atoms with E-state index in [1.807, 2.05) is 13.0 Å². The van der Waals surface area contributed by atoms with E-state index in [-0.39, 0.29) is 5.38 Å². The molecule has 2 unspecified atom stereocenters. The van der Waals surface area contributed by atoms with Crippen LogP contribution in [0.5, 0.6) is 0 Å². The van der Waals surface area contributed by atoms with Crippen molar-refractivity contribution in [1.29, 1.82) is 0 Å². The lowest BCUT2D eigenvalue weighted by atomic mass is 9.93. The van der Waals surface area contributed by atoms with E-state index >= 15 is 0 Å². The maximum Gasteiger partial charge on any atom is 0.314 e. The molecule has 3 rings (SSSR count). The lowest BCUT2D eigenvalue weighted by molar-refractivity contribution is 0.0164. The van der Waals surface area contributed by atoms with Crippen LogP contribution in [0.4, 0.5) is 0 Å². The molecule has 1 fully saturated rings. The number of hydrogen-bond donors (Lipinski definition) is 2. The monoisotopic (exact) mass is 294 g/mol. The summed E-state index contributed by atoms with van der Waals surface area (Å²) in [7, 11) is 0. The maximum atomic E-state index is 11.4. The van der Waals surface area contributed by atoms with Gasteiger partial charge >= 0.3 is 11.1 Å². The number of benzene rings is 1. The summed E-state index contributed by atoms with van der Waals surface area (Å²) in [6.07, 6.45) is 1.90. The van der Waals surface area contributed by atoms with Gasteiger partial charge in [0.05, 0.1) is 22.0 Å². The molecule has 1 aliphatic rings. The standard InChI is InChI=1S/C14H15ClN2O3/c1-14(5-2-6-20-14)11(15)8-3-4-9-10(7-8)17-13(19)12(18)16-9/h3-4,7,11H,2,5-6H2,1H3,(H,16,18)(H,17,19). The molecule has 6 heteroatoms. The zero-order chi connectivity index (χ0) is 14.3. The van der Waals surface area contributed by atoms with Gasteiger partial charge in [0.25, 0.3) is 0 Å². The molecule has 106 valence electrons. The quantitative estimate of drug-likeness (QED) is 0.657. The van der Waals surface area contributed by atoms with Crippen molar-refractivity contribution >= 4 is 22.6 Å². The van der Waals surface area contributed by atoms with Crippen LogP contribution in [0.3, 0.4) is 0 Å². The number of aromatic amines is 2. The Balaban J connectivity index is 2.06. The third-order valence-corrected chi connectivity index (χ3v) is 4.54. The Morgan fingerprint density at radius 3 is 2.60 bits per heavy atom. The number of aromatic nitrogens is 2. The van der Waals surface area contributed by atoms with Crippen molar-refractivity contribution in [2.45, 2.75) is 30.7 Å². The van der Waals surface area contributed by atoms with Gasteiger partial charge in [-0.1, -0.05) is 6.07 Å². The average molecular weight is 295 g/mol. The van der Waals surface area contributed by atoms with Gasteiger partial charge in [-0.25, -0.2) is 0 Å². The fourth-order valence-electron chi connectivity index (χ4n) is 2.64. The van der Waals surface area contributed by atoms with Crippen molar-refractivity contribution in [3.63, 3.8) is 0 Å². The fraction of sp³-hybridized carbons (Fsp3) is 0.429. The molecule has 0 saturated carbocycles. The van der Waals surface area contributed by atoms with Crippen LogP contribution in [0, 0.1) is 0 Å². The normalized spacial score (nSPS) is 24.1. The highest BCUT2D eigenvalue weighted by Crippen LogP contribution is 2.41. The summed E-state index contributed by atoms with van der Waals surface area (Å²) >= 11 is 6.54. The smallest absolute Gasteiger partial charge is 0.314 e. The maximum absolute atomic E-state index is 11.4. The molecule has 1 aromatic carbocycles. The number of hydrogen-bond acceptors (Lipinski definition) is 3. The molecule has 0 spiro atoms. The van der Waals surface area contributed by atoms with Gasteiger partial charge in [0.15, 0.2) is 0 Å². The van der Waals surface area contributed by atoms with E-state index in [1.165, 1.54) is 0 Å². The summed E-state index contributed by atoms with van der Waals surface area (Å²) in [6, 6.07) is 5.38. The lowest BCUT2D eigenvalue weighted by Gasteiger charge is -2.29. The first-order chi connectivity index (χ1) is 9.49. The highest BCUT2D eigenvalue weighted by molar-refractivity contribution is 6.21. The second-order valence-corrected chi connectivity index (χ2v) is 5.78. The highest BCUT2D eigenvalue weighted by atomic mass is 35.5. The zero-order valence-corrected chi connectivity index (χ0v) is 11.8. The van der Waals surface area contributed by atoms with Crippen molar-refractivity contribution in [2.75, 3.05) is 6.61 Å². The number of ether oxygens (including phenoxy) is 1. The molecule has 5 nitrogen and oxygen atoms in total. The van der Waals surface area contributed by atoms with Crippen LogP contribution in [0.15, 0.2) is 27.8 Å². The largest absolute Gasteiger partial charge is 0.373 e. The Bertz CT molecular complexity index is 759. The van der Waals surface area contributed by atoms with Crippen molar-refractivity contribution < 1.29 is 4.74 Å². The second-order valence-electron chi connectivity index (χ2n) is 5.34. The molecule has 0 radical (unpaired) electrons. The van der Waals surface area contributed by atoms with E-state index in [4.69, 9.17) is 16.3 Å². The molecule has 1 aliphatic heterocycles. The zero-order valence-electron chi connectivity index (χ0n) is 11.0. The summed E-state index contributed by atoms with van der Waals surface area (Å²) in [4.78, 5) is 27.7. The summed E-state index contributed by atoms with van der Waals surface area (Å²) < 4.78 is 5.75. The topological polar surface area (TPSA) is 75.0 Å². The summed E-state index contributed by atoms with van der Waals surface area (Å²) in [5, 5.41) is -0.301. The van der Waals surface area contributed by atoms with Crippen molar-refractivity contribution in [3.8, 4) is 0 Å². The lowest BCUT2D eigenvalue weighted by Crippen LogP contribution is -2.30. The minimum atomic E-state index is -0.663. The van der Waals surface area contributed by atoms with Crippen LogP contribution >= 0.6 is 11.6 Å². The highest BCUT2D eigenvalue weighted by Gasteiger charge is 2.38. The predicted molar refractivity (Wildman–Crippen MR) is 77.4 cm³/mol. The van der Waals surface area contributed by atoms with E-state index in [9.17, 15) is 9.59 Å². The molecular weight excluding hydrogens is 280 g/mol. The number of rotatable bonds is 2. The molecule has 1 saturated heterocycles. The Kier molecular flexibility index (Phi) is 3.18. The Hall–Kier alpha value is -1.59. The number of halogens is 1. The van der Waals surface area contributed by atoms with Crippen LogP contribution in [0.2, 0.25) is 0 Å². The van der Waals surface area contributed by atoms with Crippen LogP contribution < -0.4 is 11.1 Å². The number of nitrogens with one attached hydrogen (secondary N) is 2. The third-order valence-electron chi connectivity index (χ3n) is 3.82. The fourth-order valence-corrected chi connectivity index (χ4v) is 2.95. The first-order valence-electron chi connectivity index (χ1n) is 6.54. The Labute approximate surface area is 119 Å². The van der Waals surface area contributed by atoms with E-state index in [2.05, 4.69) is 9.97 Å². The van der Waals surface area contributed by atoms with Gasteiger partial charge in [-0.2, -0.15) is 0 Å². The summed E-state index contributed by atoms with van der Waals surface area (Å²) in [6.45, 7) is 2.72. The van der Waals surface area contributed by atoms with Gasteiger partial charge in [-0.15, -0.1) is 11.6 Å². The molecule has 0 aliphatic carbocycles. The summed E-state index contributed by atoms with van der Waals surface area (Å²) in [5.41, 5.74) is 0.311. The predicted octanol–water partition coefficient (Wildman–Crippen LogP) is 2.07. The molecule has 2 atom stereocenters. The Morgan fingerprint density at radius 1 is 1.25 bits per heavy atom. The minimum Gasteiger partial charge on any atom is -0.373 e. The molecule has 0 amide bonds. The molecule has 2 N–H and O–H groups in total. The minimum absolute atomic E-state index is 0.301. The van der Waals surface area contributed by atoms with Gasteiger partial charge in [0.1, 0.15) is 0 Å². The number of H-pyrrole nitrogens is 2. The van der Waals surface area contributed by atoms with Crippen LogP contribution in [-0.4, -0.2) is 22.2 Å². The first-order valence-corrected chi connectivity index (χ1v) is 6.97. The first kappa shape index (κ1) is 13.4. The van der Waals surface area contributed by atoms with Gasteiger partial charge in [0, 0.05) is 6.61 Å². The second kappa shape index (κ2) is 4.75. The van der Waals surface area contributed by atoms with Gasteiger partial charge < -0.3 is 14.7 Å². The Morgan fingerprint density at radius 2 is 1.95 bits per heavy atom. The van der Waals surface area contributed by atoms with Gasteiger partial charge in [0.2, 0.25) is 0 Å². The summed E-state index contributed by atoms with van der Waals surface area (Å²) in [5.74, 6) is 0. The van der Waals surface area contributed by atoms with Gasteiger partial charge in [-0.05, 0) is 37.5 Å². The van der Waals surface area contributed by atoms with E-state index in [1.54, 1.807) is 12.1 Å². The molecule has 0 bridgehead atoms. The SMILES string of the molecule is CC1(C(Cl)c2ccc3[nH]c(=O)c(=O)[nH]c3c2)CCCO1. The van der Waals surface area contributed by atoms with E-state index < -0.39 is 16.7 Å². The molecular formula is C14H15ClN2O3. The molecule has 2 aromatic rings. The van der Waals surface area contributed by atoms with Crippen molar-refractivity contribution in [3.05, 3.63) is 44.5 Å². The molecule has 20 heavy (non-hydrogen) atoms. The van der Waals surface area contributed by atoms with Crippen LogP contribution in [0.1, 0.15) is 30.7 Å². The average Bonchev–Trinajstić information content (AvgIpc) is 2.87. The van der Waals surface area contributed by atoms with E-state index in [0.717, 1.165) is 25.0 Å². The molecule has 1 aromatic heterocycles. The van der Waals surface area contributed by atoms with Crippen molar-refractivity contribution in [1.82, 2.24) is 9.97 Å². The van der Waals surface area contributed by atoms with Gasteiger partial charge in [-0.3, -0.25) is 9.59 Å². The number of fused-ring (bicyclic) bond motifs is 1. The van der Waals surface area contributed by atoms with Crippen LogP contribution in [0.25, 0.3) is 11.0 Å². The van der Waals surface area contributed by atoms with E-state index in [0.29, 0.717) is 11.0 Å².